The van der Waals surface area contributed by atoms with Gasteiger partial charge in [0, 0.05) is 67.7 Å². The molecule has 0 saturated carbocycles. The van der Waals surface area contributed by atoms with Crippen LogP contribution in [0.15, 0.2) is 0 Å². The molecule has 0 amide bonds. The zero-order valence-corrected chi connectivity index (χ0v) is 8.08. The Morgan fingerprint density at radius 3 is 1.00 bits per heavy atom. The van der Waals surface area contributed by atoms with Crippen molar-refractivity contribution in [3.8, 4) is 0 Å². The van der Waals surface area contributed by atoms with Crippen LogP contribution in [0.1, 0.15) is 0 Å². The zero-order valence-electron chi connectivity index (χ0n) is 1.97. The quantitative estimate of drug-likeness (QED) is 0.471. The topological polar surface area (TPSA) is 0 Å². The molecule has 0 aliphatic heterocycles. The first kappa shape index (κ1) is 36.9. The maximum absolute atomic E-state index is 0. The van der Waals surface area contributed by atoms with Crippen molar-refractivity contribution in [3.63, 3.8) is 0 Å². The first-order chi connectivity index (χ1) is 0. The molecule has 0 aromatic rings. The van der Waals surface area contributed by atoms with Gasteiger partial charge in [0.2, 0.25) is 0 Å². The fourth-order valence-corrected chi connectivity index (χ4v) is 0. The van der Waals surface area contributed by atoms with Crippen LogP contribution < -0.4 is 0 Å². The van der Waals surface area contributed by atoms with Crippen molar-refractivity contribution in [2.24, 2.45) is 0 Å². The fourth-order valence-electron chi connectivity index (χ4n) is 0. The summed E-state index contributed by atoms with van der Waals surface area (Å²) in [5.41, 5.74) is 0. The van der Waals surface area contributed by atoms with E-state index in [0.717, 1.165) is 0 Å². The summed E-state index contributed by atoms with van der Waals surface area (Å²) in [4.78, 5) is 0. The first-order valence-corrected chi connectivity index (χ1v) is 0. The molecule has 0 N–H and O–H groups in total. The van der Waals surface area contributed by atoms with Crippen molar-refractivity contribution in [1.29, 1.82) is 0 Å². The van der Waals surface area contributed by atoms with Gasteiger partial charge in [-0.05, 0) is 0 Å². The average Bonchev–Trinajstić information content (AvgIpc) is 0. The Morgan fingerprint density at radius 1 is 1.00 bits per heavy atom. The Bertz CT molecular complexity index is 8.00. The largest absolute Gasteiger partial charge is 0 e. The molecule has 0 aromatic carbocycles. The van der Waals surface area contributed by atoms with Crippen LogP contribution in [-0.2, 0) is 0 Å². The molecule has 10 radical (unpaired) electrons. The smallest absolute Gasteiger partial charge is 0 e. The van der Waals surface area contributed by atoms with E-state index in [1.807, 2.05) is 0 Å². The Hall–Kier alpha value is 2.04. The van der Waals surface area contributed by atoms with Crippen LogP contribution in [0.3, 0.4) is 0 Å². The Kier molecular flexibility index (Phi) is 182. The van der Waals surface area contributed by atoms with Crippen LogP contribution >= 0.6 is 13.5 Å². The molecule has 0 unspecified atom stereocenters. The second-order valence-electron chi connectivity index (χ2n) is 0. The fraction of sp³-hybridized carbons (Fsp3) is 0. The monoisotopic (exact) mass is 208 g/mol. The van der Waals surface area contributed by atoms with E-state index in [2.05, 4.69) is 0 Å². The maximum Gasteiger partial charge on any atom is 0 e. The summed E-state index contributed by atoms with van der Waals surface area (Å²) in [6.45, 7) is 0. The third kappa shape index (κ3) is 8.97. The van der Waals surface area contributed by atoms with E-state index in [9.17, 15) is 0 Å². The van der Waals surface area contributed by atoms with Crippen LogP contribution in [0.4, 0.5) is 0 Å². The van der Waals surface area contributed by atoms with Crippen LogP contribution in [0.25, 0.3) is 0 Å². The minimum Gasteiger partial charge on any atom is 0 e. The number of hydrogen-bond donors (Lipinski definition) is 0. The summed E-state index contributed by atoms with van der Waals surface area (Å²) >= 11 is 0. The minimum atomic E-state index is 0. The number of rotatable bonds is 0. The Morgan fingerprint density at radius 2 is 1.00 bits per heavy atom. The van der Waals surface area contributed by atoms with Crippen molar-refractivity contribution in [3.05, 3.63) is 0 Å². The van der Waals surface area contributed by atoms with E-state index < -0.39 is 0 Å². The predicted octanol–water partition coefficient (Wildman–Crippen LogP) is -0.494. The molecule has 0 aromatic heterocycles. The molecular weight excluding hydrogens is 208 g/mol. The summed E-state index contributed by atoms with van der Waals surface area (Å²) in [6, 6.07) is 0. The van der Waals surface area contributed by atoms with Gasteiger partial charge in [-0.1, -0.05) is 0 Å². The molecule has 0 atom stereocenters. The average molecular weight is 208 g/mol. The maximum atomic E-state index is 0. The summed E-state index contributed by atoms with van der Waals surface area (Å²) in [5, 5.41) is 0. The van der Waals surface area contributed by atoms with Crippen molar-refractivity contribution >= 4 is 67.7 Å². The summed E-state index contributed by atoms with van der Waals surface area (Å²) in [7, 11) is 0. The summed E-state index contributed by atoms with van der Waals surface area (Å²) < 4.78 is 0. The van der Waals surface area contributed by atoms with Gasteiger partial charge in [-0.3, -0.25) is 0 Å². The van der Waals surface area contributed by atoms with E-state index >= 15 is 0 Å². The van der Waals surface area contributed by atoms with Crippen LogP contribution in [0.5, 0.6) is 0 Å². The predicted molar refractivity (Wildman–Crippen MR) is 24.9 cm³/mol. The standard InChI is InChI=1S/Al.Ga.S.Se. The molecule has 0 aliphatic carbocycles. The number of hydrogen-bond acceptors (Lipinski definition) is 0. The first-order valence-electron chi connectivity index (χ1n) is 0. The van der Waals surface area contributed by atoms with Gasteiger partial charge in [0.1, 0.15) is 0 Å². The Balaban J connectivity index is 0. The molecule has 0 bridgehead atoms. The van der Waals surface area contributed by atoms with Gasteiger partial charge in [-0.2, -0.15) is 0 Å². The van der Waals surface area contributed by atoms with Crippen molar-refractivity contribution in [2.45, 2.75) is 0 Å². The van der Waals surface area contributed by atoms with Gasteiger partial charge < -0.3 is 0 Å². The molecule has 18 valence electrons. The summed E-state index contributed by atoms with van der Waals surface area (Å²) in [5.74, 6) is 0. The molecule has 0 rings (SSSR count). The van der Waals surface area contributed by atoms with E-state index in [1.165, 1.54) is 0 Å². The molecule has 4 heavy (non-hydrogen) atoms. The molecule has 0 spiro atoms. The Labute approximate surface area is 67.2 Å². The molecular formula is AlGaSSe. The van der Waals surface area contributed by atoms with Gasteiger partial charge in [0.05, 0.1) is 0 Å². The van der Waals surface area contributed by atoms with Crippen molar-refractivity contribution in [2.75, 3.05) is 0 Å². The van der Waals surface area contributed by atoms with Crippen molar-refractivity contribution < 1.29 is 0 Å². The SMILES string of the molecule is [Al].[Ga].[S].[Se]. The minimum absolute atomic E-state index is 0. The van der Waals surface area contributed by atoms with Gasteiger partial charge >= 0.3 is 0 Å². The van der Waals surface area contributed by atoms with Gasteiger partial charge in [-0.15, -0.1) is 0 Å². The summed E-state index contributed by atoms with van der Waals surface area (Å²) in [6.07, 6.45) is 0. The van der Waals surface area contributed by atoms with Crippen LogP contribution in [-0.4, -0.2) is 54.2 Å². The van der Waals surface area contributed by atoms with E-state index in [0.29, 0.717) is 0 Å². The molecule has 0 nitrogen and oxygen atoms in total. The van der Waals surface area contributed by atoms with Gasteiger partial charge in [0.25, 0.3) is 0 Å². The second kappa shape index (κ2) is 19.8. The van der Waals surface area contributed by atoms with Crippen LogP contribution in [0, 0.1) is 0 Å². The van der Waals surface area contributed by atoms with E-state index in [1.54, 1.807) is 0 Å². The molecule has 0 fully saturated rings. The third-order valence-electron chi connectivity index (χ3n) is 0. The second-order valence-corrected chi connectivity index (χ2v) is 0. The van der Waals surface area contributed by atoms with Gasteiger partial charge in [0.15, 0.2) is 0 Å². The van der Waals surface area contributed by atoms with Gasteiger partial charge in [-0.25, -0.2) is 0 Å². The molecule has 0 aliphatic rings. The molecule has 0 heterocycles. The third-order valence-corrected chi connectivity index (χ3v) is 0. The zero-order chi connectivity index (χ0) is 0. The van der Waals surface area contributed by atoms with Crippen molar-refractivity contribution in [1.82, 2.24) is 0 Å². The molecule has 4 heteroatoms. The molecule has 0 saturated heterocycles. The van der Waals surface area contributed by atoms with E-state index in [4.69, 9.17) is 0 Å². The van der Waals surface area contributed by atoms with E-state index in [-0.39, 0.29) is 67.7 Å². The normalized spacial score (nSPS) is 0. The van der Waals surface area contributed by atoms with Crippen LogP contribution in [0.2, 0.25) is 0 Å².